The number of carbonyl (C=O) groups is 1. The minimum Gasteiger partial charge on any atom is -0.347 e. The molecule has 0 bridgehead atoms. The van der Waals surface area contributed by atoms with Crippen molar-refractivity contribution in [1.82, 2.24) is 19.7 Å². The molecule has 0 unspecified atom stereocenters. The summed E-state index contributed by atoms with van der Waals surface area (Å²) < 4.78 is 5.48. The fraction of sp³-hybridized carbons (Fsp3) is 0.500. The zero-order valence-electron chi connectivity index (χ0n) is 15.7. The first kappa shape index (κ1) is 17.3. The van der Waals surface area contributed by atoms with Gasteiger partial charge in [0.1, 0.15) is 5.69 Å². The Balaban J connectivity index is 1.60. The average molecular weight is 371 g/mol. The van der Waals surface area contributed by atoms with E-state index in [2.05, 4.69) is 46.3 Å². The van der Waals surface area contributed by atoms with Crippen molar-refractivity contribution in [2.75, 3.05) is 0 Å². The molecule has 26 heavy (non-hydrogen) atoms. The van der Waals surface area contributed by atoms with Gasteiger partial charge in [-0.25, -0.2) is 0 Å². The van der Waals surface area contributed by atoms with E-state index in [1.807, 2.05) is 11.6 Å². The number of aromatic nitrogens is 3. The van der Waals surface area contributed by atoms with Gasteiger partial charge in [-0.1, -0.05) is 12.8 Å². The van der Waals surface area contributed by atoms with Crippen molar-refractivity contribution in [3.63, 3.8) is 0 Å². The molecule has 3 aromatic rings. The molecule has 5 nitrogen and oxygen atoms in total. The van der Waals surface area contributed by atoms with E-state index in [4.69, 9.17) is 0 Å². The van der Waals surface area contributed by atoms with Crippen LogP contribution >= 0.6 is 11.3 Å². The molecule has 3 heterocycles. The number of aryl methyl sites for hydroxylation is 2. The minimum absolute atomic E-state index is 0.0170. The van der Waals surface area contributed by atoms with Crippen LogP contribution < -0.4 is 5.32 Å². The van der Waals surface area contributed by atoms with E-state index in [0.717, 1.165) is 29.2 Å². The topological polar surface area (TPSA) is 51.9 Å². The molecule has 0 aromatic carbocycles. The predicted octanol–water partition coefficient (Wildman–Crippen LogP) is 4.58. The summed E-state index contributed by atoms with van der Waals surface area (Å²) in [5.74, 6) is 0.0170. The van der Waals surface area contributed by atoms with Crippen molar-refractivity contribution in [3.8, 4) is 0 Å². The molecule has 4 rings (SSSR count). The SMILES string of the molecule is CCn1nc(C)c(CNC(=O)c2cc3sccc3n2C2CCCC2)c1C. The monoisotopic (exact) mass is 370 g/mol. The molecule has 0 radical (unpaired) electrons. The van der Waals surface area contributed by atoms with E-state index < -0.39 is 0 Å². The Morgan fingerprint density at radius 1 is 1.35 bits per heavy atom. The number of thiophene rings is 1. The van der Waals surface area contributed by atoms with Gasteiger partial charge in [-0.05, 0) is 51.1 Å². The summed E-state index contributed by atoms with van der Waals surface area (Å²) in [7, 11) is 0. The standard InChI is InChI=1S/C20H26N4OS/c1-4-23-14(3)16(13(2)22-23)12-21-20(25)18-11-19-17(9-10-26-19)24(18)15-7-5-6-8-15/h9-11,15H,4-8,12H2,1-3H3,(H,21,25). The van der Waals surface area contributed by atoms with Gasteiger partial charge in [0.25, 0.3) is 5.91 Å². The molecule has 0 atom stereocenters. The number of hydrogen-bond donors (Lipinski definition) is 1. The van der Waals surface area contributed by atoms with Gasteiger partial charge >= 0.3 is 0 Å². The number of carbonyl (C=O) groups excluding carboxylic acids is 1. The number of fused-ring (bicyclic) bond motifs is 1. The Bertz CT molecular complexity index is 943. The quantitative estimate of drug-likeness (QED) is 0.715. The molecule has 0 saturated heterocycles. The van der Waals surface area contributed by atoms with Crippen LogP contribution in [0, 0.1) is 13.8 Å². The number of rotatable bonds is 5. The number of nitrogens with one attached hydrogen (secondary N) is 1. The Kier molecular flexibility index (Phi) is 4.61. The van der Waals surface area contributed by atoms with Crippen LogP contribution in [0.2, 0.25) is 0 Å². The van der Waals surface area contributed by atoms with Crippen LogP contribution in [0.15, 0.2) is 17.5 Å². The molecule has 138 valence electrons. The normalized spacial score (nSPS) is 15.2. The highest BCUT2D eigenvalue weighted by atomic mass is 32.1. The van der Waals surface area contributed by atoms with Gasteiger partial charge in [0.05, 0.1) is 15.9 Å². The second-order valence-electron chi connectivity index (χ2n) is 7.16. The second kappa shape index (κ2) is 6.91. The van der Waals surface area contributed by atoms with Crippen LogP contribution in [0.4, 0.5) is 0 Å². The second-order valence-corrected chi connectivity index (χ2v) is 8.10. The maximum absolute atomic E-state index is 13.0. The Morgan fingerprint density at radius 2 is 2.12 bits per heavy atom. The van der Waals surface area contributed by atoms with Gasteiger partial charge in [-0.15, -0.1) is 11.3 Å². The van der Waals surface area contributed by atoms with Crippen LogP contribution in [0.5, 0.6) is 0 Å². The fourth-order valence-corrected chi connectivity index (χ4v) is 5.04. The minimum atomic E-state index is 0.0170. The predicted molar refractivity (Wildman–Crippen MR) is 106 cm³/mol. The molecule has 0 spiro atoms. The van der Waals surface area contributed by atoms with E-state index in [0.29, 0.717) is 12.6 Å². The van der Waals surface area contributed by atoms with E-state index >= 15 is 0 Å². The fourth-order valence-electron chi connectivity index (χ4n) is 4.23. The Morgan fingerprint density at radius 3 is 2.81 bits per heavy atom. The molecule has 1 fully saturated rings. The zero-order chi connectivity index (χ0) is 18.3. The van der Waals surface area contributed by atoms with Crippen LogP contribution in [-0.2, 0) is 13.1 Å². The molecule has 0 aliphatic heterocycles. The van der Waals surface area contributed by atoms with Crippen LogP contribution in [0.1, 0.15) is 66.1 Å². The lowest BCUT2D eigenvalue weighted by molar-refractivity contribution is 0.0940. The van der Waals surface area contributed by atoms with Gasteiger partial charge in [0.15, 0.2) is 0 Å². The first-order chi connectivity index (χ1) is 12.6. The van der Waals surface area contributed by atoms with Crippen molar-refractivity contribution in [2.45, 2.75) is 65.6 Å². The number of amides is 1. The summed E-state index contributed by atoms with van der Waals surface area (Å²) in [6.07, 6.45) is 4.84. The Hall–Kier alpha value is -2.08. The van der Waals surface area contributed by atoms with Crippen LogP contribution in [0.3, 0.4) is 0 Å². The summed E-state index contributed by atoms with van der Waals surface area (Å²) >= 11 is 1.71. The maximum Gasteiger partial charge on any atom is 0.268 e. The van der Waals surface area contributed by atoms with E-state index in [-0.39, 0.29) is 5.91 Å². The van der Waals surface area contributed by atoms with E-state index in [9.17, 15) is 4.79 Å². The smallest absolute Gasteiger partial charge is 0.268 e. The molecule has 6 heteroatoms. The van der Waals surface area contributed by atoms with E-state index in [1.165, 1.54) is 35.9 Å². The molecular formula is C20H26N4OS. The first-order valence-corrected chi connectivity index (χ1v) is 10.4. The number of hydrogen-bond acceptors (Lipinski definition) is 3. The van der Waals surface area contributed by atoms with Gasteiger partial charge in [-0.3, -0.25) is 9.48 Å². The van der Waals surface area contributed by atoms with Gasteiger partial charge in [-0.2, -0.15) is 5.10 Å². The molecule has 3 aromatic heterocycles. The van der Waals surface area contributed by atoms with Crippen LogP contribution in [-0.4, -0.2) is 20.3 Å². The van der Waals surface area contributed by atoms with Gasteiger partial charge in [0, 0.05) is 30.4 Å². The summed E-state index contributed by atoms with van der Waals surface area (Å²) in [6, 6.07) is 4.66. The summed E-state index contributed by atoms with van der Waals surface area (Å²) in [6.45, 7) is 7.55. The van der Waals surface area contributed by atoms with Crippen molar-refractivity contribution >= 4 is 27.5 Å². The largest absolute Gasteiger partial charge is 0.347 e. The van der Waals surface area contributed by atoms with Gasteiger partial charge < -0.3 is 9.88 Å². The molecule has 1 amide bonds. The summed E-state index contributed by atoms with van der Waals surface area (Å²) in [4.78, 5) is 13.0. The summed E-state index contributed by atoms with van der Waals surface area (Å²) in [5.41, 5.74) is 5.27. The van der Waals surface area contributed by atoms with Crippen molar-refractivity contribution < 1.29 is 4.79 Å². The lowest BCUT2D eigenvalue weighted by Crippen LogP contribution is -2.26. The molecule has 1 saturated carbocycles. The zero-order valence-corrected chi connectivity index (χ0v) is 16.5. The lowest BCUT2D eigenvalue weighted by atomic mass is 10.2. The Labute approximate surface area is 158 Å². The average Bonchev–Trinajstić information content (AvgIpc) is 3.37. The highest BCUT2D eigenvalue weighted by molar-refractivity contribution is 7.17. The van der Waals surface area contributed by atoms with Crippen LogP contribution in [0.25, 0.3) is 10.2 Å². The third-order valence-electron chi connectivity index (χ3n) is 5.64. The highest BCUT2D eigenvalue weighted by Gasteiger charge is 2.25. The van der Waals surface area contributed by atoms with Crippen molar-refractivity contribution in [1.29, 1.82) is 0 Å². The van der Waals surface area contributed by atoms with Gasteiger partial charge in [0.2, 0.25) is 0 Å². The number of nitrogens with zero attached hydrogens (tertiary/aromatic N) is 3. The molecule has 1 aliphatic rings. The third-order valence-corrected chi connectivity index (χ3v) is 6.49. The lowest BCUT2D eigenvalue weighted by Gasteiger charge is -2.17. The van der Waals surface area contributed by atoms with Crippen molar-refractivity contribution in [2.24, 2.45) is 0 Å². The van der Waals surface area contributed by atoms with Crippen molar-refractivity contribution in [3.05, 3.63) is 40.2 Å². The first-order valence-electron chi connectivity index (χ1n) is 9.49. The molecule has 1 aliphatic carbocycles. The van der Waals surface area contributed by atoms with E-state index in [1.54, 1.807) is 11.3 Å². The molecule has 1 N–H and O–H groups in total. The highest BCUT2D eigenvalue weighted by Crippen LogP contribution is 2.36. The third kappa shape index (κ3) is 2.86. The molecular weight excluding hydrogens is 344 g/mol. The maximum atomic E-state index is 13.0. The summed E-state index contributed by atoms with van der Waals surface area (Å²) in [5, 5.41) is 9.80.